The molecule has 0 aliphatic rings. The van der Waals surface area contributed by atoms with Gasteiger partial charge in [0.2, 0.25) is 0 Å². The van der Waals surface area contributed by atoms with Crippen molar-refractivity contribution in [2.45, 2.75) is 45.2 Å². The molecule has 80 valence electrons. The van der Waals surface area contributed by atoms with E-state index in [1.807, 2.05) is 20.8 Å². The molecule has 1 unspecified atom stereocenters. The Balaban J connectivity index is 4.11. The van der Waals surface area contributed by atoms with E-state index in [4.69, 9.17) is 14.6 Å². The summed E-state index contributed by atoms with van der Waals surface area (Å²) in [5.74, 6) is 0. The summed E-state index contributed by atoms with van der Waals surface area (Å²) >= 11 is 0. The van der Waals surface area contributed by atoms with Crippen LogP contribution in [0.4, 0.5) is 0 Å². The number of rotatable bonds is 6. The van der Waals surface area contributed by atoms with Gasteiger partial charge in [0, 0.05) is 7.11 Å². The molecule has 0 aliphatic heterocycles. The van der Waals surface area contributed by atoms with Gasteiger partial charge in [0.25, 0.3) is 0 Å². The van der Waals surface area contributed by atoms with Crippen molar-refractivity contribution in [3.8, 4) is 0 Å². The lowest BCUT2D eigenvalue weighted by Crippen LogP contribution is -2.40. The largest absolute Gasteiger partial charge is 0.393 e. The molecule has 0 aromatic heterocycles. The van der Waals surface area contributed by atoms with Crippen molar-refractivity contribution < 1.29 is 19.7 Å². The van der Waals surface area contributed by atoms with Crippen molar-refractivity contribution in [3.63, 3.8) is 0 Å². The molecule has 13 heavy (non-hydrogen) atoms. The number of aliphatic hydroxyl groups is 2. The van der Waals surface area contributed by atoms with Crippen LogP contribution in [0, 0.1) is 0 Å². The quantitative estimate of drug-likeness (QED) is 0.602. The van der Waals surface area contributed by atoms with E-state index in [-0.39, 0.29) is 12.2 Å². The molecule has 0 rings (SSSR count). The van der Waals surface area contributed by atoms with Gasteiger partial charge in [-0.25, -0.2) is 0 Å². The Bertz CT molecular complexity index is 136. The molecule has 0 bridgehead atoms. The fraction of sp³-hybridized carbons (Fsp3) is 1.00. The van der Waals surface area contributed by atoms with Crippen LogP contribution >= 0.6 is 0 Å². The zero-order valence-electron chi connectivity index (χ0n) is 8.78. The standard InChI is InChI=1S/C9H20O4/c1-5-9(2,3)13-8(12-4)7(11)6-10/h7-8,10-11H,5-6H2,1-4H3/t7-,8?/m1/s1. The smallest absolute Gasteiger partial charge is 0.185 e. The Kier molecular flexibility index (Phi) is 5.48. The van der Waals surface area contributed by atoms with Crippen LogP contribution in [0.2, 0.25) is 0 Å². The van der Waals surface area contributed by atoms with E-state index in [2.05, 4.69) is 0 Å². The summed E-state index contributed by atoms with van der Waals surface area (Å²) in [4.78, 5) is 0. The summed E-state index contributed by atoms with van der Waals surface area (Å²) < 4.78 is 10.4. The van der Waals surface area contributed by atoms with Crippen LogP contribution in [0.25, 0.3) is 0 Å². The molecule has 2 atom stereocenters. The average Bonchev–Trinajstić information content (AvgIpc) is 2.13. The SMILES string of the molecule is CCC(C)(C)OC(OC)[C@H](O)CO. The first-order valence-corrected chi connectivity index (χ1v) is 4.46. The Morgan fingerprint density at radius 3 is 2.23 bits per heavy atom. The normalized spacial score (nSPS) is 17.1. The van der Waals surface area contributed by atoms with Crippen LogP contribution in [0.1, 0.15) is 27.2 Å². The van der Waals surface area contributed by atoms with Gasteiger partial charge in [0.15, 0.2) is 6.29 Å². The predicted molar refractivity (Wildman–Crippen MR) is 49.3 cm³/mol. The second-order valence-electron chi connectivity index (χ2n) is 3.59. The zero-order chi connectivity index (χ0) is 10.5. The third kappa shape index (κ3) is 4.57. The van der Waals surface area contributed by atoms with Crippen molar-refractivity contribution in [2.24, 2.45) is 0 Å². The summed E-state index contributed by atoms with van der Waals surface area (Å²) in [5.41, 5.74) is -0.350. The van der Waals surface area contributed by atoms with Crippen molar-refractivity contribution in [1.82, 2.24) is 0 Å². The third-order valence-electron chi connectivity index (χ3n) is 2.02. The molecule has 0 fully saturated rings. The highest BCUT2D eigenvalue weighted by Gasteiger charge is 2.26. The Labute approximate surface area is 79.5 Å². The average molecular weight is 192 g/mol. The molecule has 0 heterocycles. The minimum atomic E-state index is -0.990. The van der Waals surface area contributed by atoms with E-state index >= 15 is 0 Å². The fourth-order valence-electron chi connectivity index (χ4n) is 0.768. The fourth-order valence-corrected chi connectivity index (χ4v) is 0.768. The first-order chi connectivity index (χ1) is 5.96. The molecule has 0 aliphatic carbocycles. The summed E-state index contributed by atoms with van der Waals surface area (Å²) in [6.45, 7) is 5.43. The van der Waals surface area contributed by atoms with E-state index in [0.29, 0.717) is 0 Å². The molecule has 0 saturated heterocycles. The maximum atomic E-state index is 9.28. The number of hydrogen-bond donors (Lipinski definition) is 2. The van der Waals surface area contributed by atoms with Gasteiger partial charge in [-0.2, -0.15) is 0 Å². The van der Waals surface area contributed by atoms with Crippen molar-refractivity contribution >= 4 is 0 Å². The first kappa shape index (κ1) is 12.8. The lowest BCUT2D eigenvalue weighted by Gasteiger charge is -2.30. The van der Waals surface area contributed by atoms with Gasteiger partial charge in [-0.1, -0.05) is 6.92 Å². The second-order valence-corrected chi connectivity index (χ2v) is 3.59. The highest BCUT2D eigenvalue weighted by atomic mass is 16.7. The molecule has 0 saturated carbocycles. The van der Waals surface area contributed by atoms with E-state index in [1.165, 1.54) is 7.11 Å². The monoisotopic (exact) mass is 192 g/mol. The minimum absolute atomic E-state index is 0.350. The van der Waals surface area contributed by atoms with Gasteiger partial charge in [0.05, 0.1) is 12.2 Å². The minimum Gasteiger partial charge on any atom is -0.393 e. The topological polar surface area (TPSA) is 58.9 Å². The van der Waals surface area contributed by atoms with E-state index in [0.717, 1.165) is 6.42 Å². The molecule has 0 radical (unpaired) electrons. The molecule has 2 N–H and O–H groups in total. The van der Waals surface area contributed by atoms with Gasteiger partial charge >= 0.3 is 0 Å². The number of ether oxygens (including phenoxy) is 2. The molecular weight excluding hydrogens is 172 g/mol. The van der Waals surface area contributed by atoms with Crippen molar-refractivity contribution in [3.05, 3.63) is 0 Å². The van der Waals surface area contributed by atoms with Crippen LogP contribution in [-0.2, 0) is 9.47 Å². The molecule has 0 aromatic rings. The molecule has 0 amide bonds. The summed E-state index contributed by atoms with van der Waals surface area (Å²) in [7, 11) is 1.44. The van der Waals surface area contributed by atoms with Crippen molar-refractivity contribution in [2.75, 3.05) is 13.7 Å². The van der Waals surface area contributed by atoms with Gasteiger partial charge < -0.3 is 19.7 Å². The van der Waals surface area contributed by atoms with E-state index < -0.39 is 12.4 Å². The Morgan fingerprint density at radius 1 is 1.38 bits per heavy atom. The molecule has 4 heteroatoms. The van der Waals surface area contributed by atoms with E-state index in [1.54, 1.807) is 0 Å². The zero-order valence-corrected chi connectivity index (χ0v) is 8.78. The Morgan fingerprint density at radius 2 is 1.92 bits per heavy atom. The highest BCUT2D eigenvalue weighted by Crippen LogP contribution is 2.18. The first-order valence-electron chi connectivity index (χ1n) is 4.46. The van der Waals surface area contributed by atoms with Gasteiger partial charge in [0.1, 0.15) is 6.10 Å². The second kappa shape index (κ2) is 5.54. The summed E-state index contributed by atoms with van der Waals surface area (Å²) in [6.07, 6.45) is -0.943. The van der Waals surface area contributed by atoms with Crippen LogP contribution in [0.15, 0.2) is 0 Å². The maximum Gasteiger partial charge on any atom is 0.185 e. The van der Waals surface area contributed by atoms with Crippen molar-refractivity contribution in [1.29, 1.82) is 0 Å². The Hall–Kier alpha value is -0.160. The maximum absolute atomic E-state index is 9.28. The van der Waals surface area contributed by atoms with Gasteiger partial charge in [-0.15, -0.1) is 0 Å². The van der Waals surface area contributed by atoms with Gasteiger partial charge in [-0.3, -0.25) is 0 Å². The predicted octanol–water partition coefficient (Wildman–Crippen LogP) is 0.517. The van der Waals surface area contributed by atoms with Crippen LogP contribution in [0.3, 0.4) is 0 Å². The third-order valence-corrected chi connectivity index (χ3v) is 2.02. The van der Waals surface area contributed by atoms with Crippen LogP contribution < -0.4 is 0 Å². The molecule has 4 nitrogen and oxygen atoms in total. The molecule has 0 aromatic carbocycles. The lowest BCUT2D eigenvalue weighted by atomic mass is 10.1. The molecular formula is C9H20O4. The van der Waals surface area contributed by atoms with Crippen LogP contribution in [0.5, 0.6) is 0 Å². The molecule has 0 spiro atoms. The summed E-state index contributed by atoms with van der Waals surface area (Å²) in [6, 6.07) is 0. The summed E-state index contributed by atoms with van der Waals surface area (Å²) in [5, 5.41) is 18.0. The van der Waals surface area contributed by atoms with E-state index in [9.17, 15) is 5.11 Å². The highest BCUT2D eigenvalue weighted by molar-refractivity contribution is 4.69. The van der Waals surface area contributed by atoms with Crippen LogP contribution in [-0.4, -0.2) is 41.9 Å². The van der Waals surface area contributed by atoms with Gasteiger partial charge in [-0.05, 0) is 20.3 Å². The number of methoxy groups -OCH3 is 1. The number of hydrogen-bond acceptors (Lipinski definition) is 4. The number of aliphatic hydroxyl groups excluding tert-OH is 2. The lowest BCUT2D eigenvalue weighted by molar-refractivity contribution is -0.234.